The fraction of sp³-hybridized carbons (Fsp3) is 0.662. The summed E-state index contributed by atoms with van der Waals surface area (Å²) in [6.45, 7) is 8.97. The Kier molecular flexibility index (Phi) is 37.7. The highest BCUT2D eigenvalue weighted by molar-refractivity contribution is 7.98. The summed E-state index contributed by atoms with van der Waals surface area (Å²) in [6, 6.07) is -6.96. The summed E-state index contributed by atoms with van der Waals surface area (Å²) in [5.41, 5.74) is 13.1. The maximum atomic E-state index is 15.4. The van der Waals surface area contributed by atoms with Crippen molar-refractivity contribution in [2.24, 2.45) is 17.6 Å². The Morgan fingerprint density at radius 2 is 1.24 bits per heavy atom. The van der Waals surface area contributed by atoms with Crippen molar-refractivity contribution in [3.63, 3.8) is 0 Å². The second kappa shape index (κ2) is 46.6. The number of H-pyrrole nitrogens is 1. The van der Waals surface area contributed by atoms with Crippen LogP contribution in [0.3, 0.4) is 0 Å². The summed E-state index contributed by atoms with van der Waals surface area (Å²) >= 11 is 1.43. The van der Waals surface area contributed by atoms with E-state index in [2.05, 4.69) is 53.2 Å². The second-order valence-corrected chi connectivity index (χ2v) is 28.4. The maximum Gasteiger partial charge on any atom is 0.253 e. The van der Waals surface area contributed by atoms with E-state index in [0.29, 0.717) is 146 Å². The number of hydrazine groups is 2. The first kappa shape index (κ1) is 88.2. The lowest BCUT2D eigenvalue weighted by atomic mass is 9.93. The van der Waals surface area contributed by atoms with Gasteiger partial charge in [-0.3, -0.25) is 66.9 Å². The van der Waals surface area contributed by atoms with Gasteiger partial charge in [-0.1, -0.05) is 27.2 Å². The lowest BCUT2D eigenvalue weighted by molar-refractivity contribution is -0.144. The number of carbonyl (C=O) groups excluding carboxylic acids is 11. The topological polar surface area (TPSA) is 518 Å². The Balaban J connectivity index is 0.878. The number of fused-ring (bicyclic) bond motifs is 5. The van der Waals surface area contributed by atoms with Gasteiger partial charge in [-0.25, -0.2) is 0 Å². The van der Waals surface area contributed by atoms with Crippen molar-refractivity contribution in [3.05, 3.63) is 47.3 Å². The molecule has 2 aromatic rings. The van der Waals surface area contributed by atoms with Gasteiger partial charge in [-0.15, -0.1) is 5.53 Å². The third-order valence-electron chi connectivity index (χ3n) is 18.0. The number of thioether (sulfide) groups is 1. The number of aromatic nitrogens is 1. The molecule has 2 bridgehead atoms. The number of ether oxygens (including phenoxy) is 10. The molecule has 608 valence electrons. The molecule has 39 nitrogen and oxygen atoms in total. The standard InChI is InChI=1S/C68H104N14O25S2/c1-5-41(2)59-65(94)71-33-55(87)72-50-40-109(97)67-46(31-48(62(91)70-34-56(88)75-59)73-66(95)60(42(3)52(85)38-83)76-64(93)51-30-44(84)37-81(51)68(96)49(32-54(69)86)74-63(50)92)45-6-7-53(98-4)47(61(45)77-67)39-108-29-28-107-27-26-106-25-24-105-23-22-104-21-20-103-19-18-102-17-16-101-15-14-100-13-12-99-11-10-80-35-43(78-79-80)36-82-57(89)8-9-58(82)90/h6-9,35,41-42,44,48-52,59-60,77-79,83-85H,5,10-34,36-40H2,1-4H3,(H2,69,86)(H,70,91)(H,71,94)(H,72,87)(H,73,95)(H,74,92)(H,75,88)(H,76,93)/t41-,42-,44+,48-,49-,50-,51-,52-,59-,60-,109?/m0/s1. The summed E-state index contributed by atoms with van der Waals surface area (Å²) in [7, 11) is -1.02. The van der Waals surface area contributed by atoms with Crippen LogP contribution in [0, 0.1) is 11.8 Å². The Hall–Kier alpha value is -8.01. The molecule has 1 saturated heterocycles. The van der Waals surface area contributed by atoms with Crippen LogP contribution < -0.4 is 58.6 Å². The number of aliphatic hydroxyl groups is 3. The van der Waals surface area contributed by atoms with Crippen LogP contribution in [0.4, 0.5) is 0 Å². The summed E-state index contributed by atoms with van der Waals surface area (Å²) in [6.07, 6.45) is -0.311. The van der Waals surface area contributed by atoms with Crippen molar-refractivity contribution in [2.75, 3.05) is 177 Å². The summed E-state index contributed by atoms with van der Waals surface area (Å²) in [5.74, 6) is -11.6. The number of aromatic amines is 1. The summed E-state index contributed by atoms with van der Waals surface area (Å²) in [4.78, 5) is 156. The fourth-order valence-corrected chi connectivity index (χ4v) is 14.1. The fourth-order valence-electron chi connectivity index (χ4n) is 11.8. The van der Waals surface area contributed by atoms with Gasteiger partial charge >= 0.3 is 0 Å². The molecule has 11 atom stereocenters. The van der Waals surface area contributed by atoms with Crippen LogP contribution in [0.15, 0.2) is 41.2 Å². The highest BCUT2D eigenvalue weighted by Gasteiger charge is 2.45. The van der Waals surface area contributed by atoms with Crippen molar-refractivity contribution in [3.8, 4) is 5.75 Å². The van der Waals surface area contributed by atoms with Crippen LogP contribution in [0.5, 0.6) is 5.75 Å². The van der Waals surface area contributed by atoms with Crippen molar-refractivity contribution in [2.45, 2.75) is 106 Å². The normalized spacial score (nSPS) is 22.9. The first-order chi connectivity index (χ1) is 52.5. The number of carbonyl (C=O) groups is 11. The number of primary amides is 1. The molecule has 5 aliphatic heterocycles. The van der Waals surface area contributed by atoms with Gasteiger partial charge in [0.1, 0.15) is 47.0 Å². The highest BCUT2D eigenvalue weighted by atomic mass is 32.2. The number of methoxy groups -OCH3 is 1. The van der Waals surface area contributed by atoms with Crippen molar-refractivity contribution in [1.29, 1.82) is 0 Å². The molecule has 109 heavy (non-hydrogen) atoms. The van der Waals surface area contributed by atoms with Gasteiger partial charge in [-0.2, -0.15) is 11.8 Å². The number of nitrogens with one attached hydrogen (secondary N) is 10. The predicted octanol–water partition coefficient (Wildman–Crippen LogP) is -6.14. The minimum atomic E-state index is -2.45. The molecule has 7 rings (SSSR count). The molecular weight excluding hydrogens is 1480 g/mol. The zero-order valence-electron chi connectivity index (χ0n) is 61.6. The Morgan fingerprint density at radius 3 is 1.80 bits per heavy atom. The van der Waals surface area contributed by atoms with E-state index in [9.17, 15) is 68.1 Å². The molecular formula is C68H104N14O25S2. The van der Waals surface area contributed by atoms with E-state index in [0.717, 1.165) is 9.80 Å². The number of benzene rings is 1. The third-order valence-corrected chi connectivity index (χ3v) is 20.4. The minimum absolute atomic E-state index is 0.110. The molecule has 0 spiro atoms. The average Bonchev–Trinajstić information content (AvgIpc) is 1.60. The maximum absolute atomic E-state index is 15.4. The van der Waals surface area contributed by atoms with E-state index < -0.39 is 176 Å². The molecule has 5 aliphatic rings. The van der Waals surface area contributed by atoms with E-state index in [4.69, 9.17) is 53.1 Å². The van der Waals surface area contributed by atoms with Crippen LogP contribution in [0.1, 0.15) is 51.2 Å². The van der Waals surface area contributed by atoms with Crippen molar-refractivity contribution < 1.29 is 120 Å². The summed E-state index contributed by atoms with van der Waals surface area (Å²) in [5, 5.41) is 51.5. The zero-order chi connectivity index (χ0) is 78.8. The van der Waals surface area contributed by atoms with Gasteiger partial charge < -0.3 is 121 Å². The molecule has 0 radical (unpaired) electrons. The summed E-state index contributed by atoms with van der Waals surface area (Å²) < 4.78 is 71.7. The monoisotopic (exact) mass is 1580 g/mol. The number of aliphatic hydroxyl groups excluding tert-OH is 3. The third kappa shape index (κ3) is 28.1. The number of rotatable bonds is 42. The van der Waals surface area contributed by atoms with Crippen LogP contribution in [-0.2, 0) is 118 Å². The number of hydrogen-bond acceptors (Lipinski definition) is 29. The molecule has 1 fully saturated rings. The molecule has 1 aromatic carbocycles. The van der Waals surface area contributed by atoms with E-state index in [-0.39, 0.29) is 54.5 Å². The first-order valence-corrected chi connectivity index (χ1v) is 38.5. The Bertz CT molecular complexity index is 3460. The smallest absolute Gasteiger partial charge is 0.253 e. The van der Waals surface area contributed by atoms with Gasteiger partial charge in [0.15, 0.2) is 0 Å². The van der Waals surface area contributed by atoms with Crippen LogP contribution in [0.2, 0.25) is 0 Å². The van der Waals surface area contributed by atoms with Crippen molar-refractivity contribution in [1.82, 2.24) is 68.0 Å². The molecule has 11 amide bonds. The first-order valence-electron chi connectivity index (χ1n) is 36.0. The van der Waals surface area contributed by atoms with Crippen LogP contribution in [0.25, 0.3) is 10.9 Å². The van der Waals surface area contributed by atoms with Gasteiger partial charge in [0, 0.05) is 66.1 Å². The minimum Gasteiger partial charge on any atom is -0.496 e. The average molecular weight is 1580 g/mol. The molecule has 0 aliphatic carbocycles. The SMILES string of the molecule is CC[C@H](C)[C@@H]1NC(=O)CNC(=O)[C@@H]2Cc3c([nH]c4c(CSCCOCCOCCOCCOCCOCCOCCOCCOCCOCCN5C=C(CN6C(=O)C=CC6=O)NN5)c(OC)ccc34)S(=O)C[C@H](NC(=O)CNC1=O)C(=O)N[C@@H](CC(N)=O)C(=O)N1C[C@H](O)C[C@H]1C(=O)N[C@@H]([C@@H](C)[C@@H](O)CO)C(=O)N2. The number of nitrogens with zero attached hydrogens (tertiary/aromatic N) is 3. The second-order valence-electron chi connectivity index (χ2n) is 25.8. The zero-order valence-corrected chi connectivity index (χ0v) is 63.3. The number of hydrogen-bond donors (Lipinski definition) is 14. The highest BCUT2D eigenvalue weighted by Crippen LogP contribution is 2.36. The van der Waals surface area contributed by atoms with E-state index in [1.165, 1.54) is 37.9 Å². The van der Waals surface area contributed by atoms with Crippen LogP contribution >= 0.6 is 11.8 Å². The van der Waals surface area contributed by atoms with E-state index >= 15 is 4.21 Å². The Labute approximate surface area is 636 Å². The predicted molar refractivity (Wildman–Crippen MR) is 388 cm³/mol. The lowest BCUT2D eigenvalue weighted by Gasteiger charge is -2.32. The molecule has 1 aromatic heterocycles. The van der Waals surface area contributed by atoms with Gasteiger partial charge in [-0.05, 0) is 23.6 Å². The quantitative estimate of drug-likeness (QED) is 0.0217. The molecule has 0 saturated carbocycles. The van der Waals surface area contributed by atoms with Gasteiger partial charge in [0.25, 0.3) is 11.8 Å². The van der Waals surface area contributed by atoms with Crippen LogP contribution in [-0.4, -0.2) is 330 Å². The van der Waals surface area contributed by atoms with E-state index in [1.54, 1.807) is 37.2 Å². The largest absolute Gasteiger partial charge is 0.496 e. The van der Waals surface area contributed by atoms with E-state index in [1.807, 2.05) is 0 Å². The lowest BCUT2D eigenvalue weighted by Crippen LogP contribution is -2.62. The van der Waals surface area contributed by atoms with Crippen molar-refractivity contribution >= 4 is 98.4 Å². The molecule has 15 N–H and O–H groups in total. The Morgan fingerprint density at radius 1 is 0.679 bits per heavy atom. The number of nitrogens with two attached hydrogens (primary N) is 1. The number of amides is 11. The van der Waals surface area contributed by atoms with Gasteiger partial charge in [0.2, 0.25) is 53.2 Å². The number of imide groups is 1. The molecule has 41 heteroatoms. The van der Waals surface area contributed by atoms with Gasteiger partial charge in [0.05, 0.1) is 205 Å². The molecule has 1 unspecified atom stereocenters. The molecule has 6 heterocycles.